The van der Waals surface area contributed by atoms with Gasteiger partial charge in [-0.05, 0) is 0 Å². The predicted octanol–water partition coefficient (Wildman–Crippen LogP) is -1.15. The zero-order valence-electron chi connectivity index (χ0n) is 3.03. The van der Waals surface area contributed by atoms with Crippen LogP contribution in [-0.4, -0.2) is 27.7 Å². The molecule has 0 saturated carbocycles. The van der Waals surface area contributed by atoms with E-state index in [1.54, 1.807) is 10.1 Å². The maximum Gasteiger partial charge on any atom is 0.394 e. The lowest BCUT2D eigenvalue weighted by Gasteiger charge is -1.68. The van der Waals surface area contributed by atoms with E-state index in [0.29, 0.717) is 0 Å². The van der Waals surface area contributed by atoms with Crippen molar-refractivity contribution in [1.82, 2.24) is 0 Å². The summed E-state index contributed by atoms with van der Waals surface area (Å²) < 4.78 is 39.6. The Bertz CT molecular complexity index is 102. The van der Waals surface area contributed by atoms with E-state index >= 15 is 0 Å². The van der Waals surface area contributed by atoms with Gasteiger partial charge in [0, 0.05) is 0 Å². The second-order valence-electron chi connectivity index (χ2n) is 0.448. The summed E-state index contributed by atoms with van der Waals surface area (Å²) in [6.07, 6.45) is 0. The summed E-state index contributed by atoms with van der Waals surface area (Å²) in [7, 11) is -2.94. The molecule has 0 heterocycles. The molecule has 0 aromatic heterocycles. The summed E-state index contributed by atoms with van der Waals surface area (Å²) in [5.41, 5.74) is 0. The van der Waals surface area contributed by atoms with E-state index in [4.69, 9.17) is 22.0 Å². The Labute approximate surface area is 43.4 Å². The van der Waals surface area contributed by atoms with Crippen molar-refractivity contribution in [2.24, 2.45) is 0 Å². The van der Waals surface area contributed by atoms with Gasteiger partial charge >= 0.3 is 20.5 Å². The van der Waals surface area contributed by atoms with Crippen molar-refractivity contribution in [3.05, 3.63) is 0 Å². The number of hydrogen-bond acceptors (Lipinski definition) is 3. The van der Waals surface area contributed by atoms with Crippen LogP contribution >= 0.6 is 0 Å². The normalized spacial score (nSPS) is 8.86. The van der Waals surface area contributed by atoms with Gasteiger partial charge in [-0.15, -0.1) is 0 Å². The first kappa shape index (κ1) is 9.99. The molecule has 0 amide bonds. The smallest absolute Gasteiger partial charge is 0.381 e. The molecule has 2 N–H and O–H groups in total. The average Bonchev–Trinajstić information content (AvgIpc) is 1.36. The van der Waals surface area contributed by atoms with Crippen molar-refractivity contribution in [3.63, 3.8) is 0 Å². The summed E-state index contributed by atoms with van der Waals surface area (Å²) in [5.74, 6) is 0. The zero-order chi connectivity index (χ0) is 6.50. The highest BCUT2D eigenvalue weighted by molar-refractivity contribution is 7.79. The summed E-state index contributed by atoms with van der Waals surface area (Å²) in [6, 6.07) is 0. The minimum absolute atomic E-state index is 1.72. The van der Waals surface area contributed by atoms with Gasteiger partial charge in [-0.3, -0.25) is 9.11 Å². The van der Waals surface area contributed by atoms with Crippen molar-refractivity contribution in [1.29, 1.82) is 0 Å². The standard InChI is InChI=1S/H2O4S.OSi/c1-5(2,3)4;1-2/h(H2,1,2,3,4);. The fraction of sp³-hybridized carbons (Fsp3) is 0. The molecule has 0 bridgehead atoms. The molecule has 0 aliphatic carbocycles. The van der Waals surface area contributed by atoms with Gasteiger partial charge in [0.25, 0.3) is 0 Å². The maximum atomic E-state index is 8.74. The van der Waals surface area contributed by atoms with Gasteiger partial charge in [-0.25, -0.2) is 0 Å². The van der Waals surface area contributed by atoms with Crippen LogP contribution in [0.1, 0.15) is 0 Å². The molecule has 0 atom stereocenters. The van der Waals surface area contributed by atoms with Gasteiger partial charge in [-0.1, -0.05) is 0 Å². The fourth-order valence-corrected chi connectivity index (χ4v) is 0. The molecule has 5 nitrogen and oxygen atoms in total. The lowest BCUT2D eigenvalue weighted by Crippen LogP contribution is -1.89. The van der Waals surface area contributed by atoms with Crippen LogP contribution in [-0.2, 0) is 14.9 Å². The highest BCUT2D eigenvalue weighted by Gasteiger charge is 1.84. The van der Waals surface area contributed by atoms with Crippen molar-refractivity contribution < 1.29 is 22.0 Å². The highest BCUT2D eigenvalue weighted by atomic mass is 32.3. The summed E-state index contributed by atoms with van der Waals surface area (Å²) in [6.45, 7) is 0. The molecule has 0 rings (SSSR count). The van der Waals surface area contributed by atoms with Gasteiger partial charge < -0.3 is 4.46 Å². The van der Waals surface area contributed by atoms with Crippen molar-refractivity contribution in [3.8, 4) is 0 Å². The third-order valence-corrected chi connectivity index (χ3v) is 0. The van der Waals surface area contributed by atoms with E-state index in [0.717, 1.165) is 0 Å². The molecule has 0 fully saturated rings. The molecule has 0 aromatic carbocycles. The maximum absolute atomic E-state index is 8.74. The molecular weight excluding hydrogens is 140 g/mol. The minimum atomic E-state index is -4.67. The Kier molecular flexibility index (Phi) is 5.79. The first-order valence-electron chi connectivity index (χ1n) is 0.903. The van der Waals surface area contributed by atoms with Crippen molar-refractivity contribution in [2.45, 2.75) is 0 Å². The lowest BCUT2D eigenvalue weighted by atomic mass is 15.8. The van der Waals surface area contributed by atoms with E-state index in [2.05, 4.69) is 0 Å². The highest BCUT2D eigenvalue weighted by Crippen LogP contribution is 1.59. The molecular formula is H2O5SSi. The van der Waals surface area contributed by atoms with Gasteiger partial charge in [-0.2, -0.15) is 8.42 Å². The summed E-state index contributed by atoms with van der Waals surface area (Å²) in [5, 5.41) is 0. The molecule has 2 radical (unpaired) electrons. The molecule has 7 heteroatoms. The SMILES string of the molecule is O=S(=O)(O)O.O=[Si]. The zero-order valence-corrected chi connectivity index (χ0v) is 4.84. The van der Waals surface area contributed by atoms with Gasteiger partial charge in [0.05, 0.1) is 0 Å². The van der Waals surface area contributed by atoms with E-state index in [-0.39, 0.29) is 0 Å². The topological polar surface area (TPSA) is 91.7 Å². The van der Waals surface area contributed by atoms with E-state index in [1.165, 1.54) is 0 Å². The molecule has 0 aliphatic rings. The third-order valence-electron chi connectivity index (χ3n) is 0. The third kappa shape index (κ3) is 6950. The Morgan fingerprint density at radius 2 is 1.14 bits per heavy atom. The average molecular weight is 142 g/mol. The minimum Gasteiger partial charge on any atom is -0.381 e. The summed E-state index contributed by atoms with van der Waals surface area (Å²) in [4.78, 5) is 0. The van der Waals surface area contributed by atoms with E-state index < -0.39 is 10.4 Å². The number of hydrogen-bond donors (Lipinski definition) is 2. The first-order valence-corrected chi connectivity index (χ1v) is 2.71. The van der Waals surface area contributed by atoms with Crippen molar-refractivity contribution in [2.75, 3.05) is 0 Å². The Balaban J connectivity index is 0. The molecule has 0 aliphatic heterocycles. The van der Waals surface area contributed by atoms with Gasteiger partial charge in [0.15, 0.2) is 0 Å². The van der Waals surface area contributed by atoms with Crippen LogP contribution in [0.5, 0.6) is 0 Å². The first-order chi connectivity index (χ1) is 3.00. The molecule has 7 heavy (non-hydrogen) atoms. The Hall–Kier alpha value is -0.113. The Morgan fingerprint density at radius 3 is 1.14 bits per heavy atom. The van der Waals surface area contributed by atoms with Crippen LogP contribution in [0.3, 0.4) is 0 Å². The van der Waals surface area contributed by atoms with Crippen molar-refractivity contribution >= 4 is 20.5 Å². The van der Waals surface area contributed by atoms with Crippen LogP contribution < -0.4 is 0 Å². The van der Waals surface area contributed by atoms with Crippen LogP contribution in [0, 0.1) is 0 Å². The molecule has 0 aromatic rings. The Morgan fingerprint density at radius 1 is 1.14 bits per heavy atom. The van der Waals surface area contributed by atoms with Gasteiger partial charge in [0.1, 0.15) is 0 Å². The molecule has 0 saturated heterocycles. The number of rotatable bonds is 0. The largest absolute Gasteiger partial charge is 0.394 e. The lowest BCUT2D eigenvalue weighted by molar-refractivity contribution is 0.381. The molecule has 0 spiro atoms. The summed E-state index contributed by atoms with van der Waals surface area (Å²) >= 11 is 0. The van der Waals surface area contributed by atoms with Gasteiger partial charge in [0.2, 0.25) is 0 Å². The fourth-order valence-electron chi connectivity index (χ4n) is 0. The van der Waals surface area contributed by atoms with E-state index in [9.17, 15) is 0 Å². The molecule has 42 valence electrons. The monoisotopic (exact) mass is 142 g/mol. The molecule has 0 unspecified atom stereocenters. The van der Waals surface area contributed by atoms with E-state index in [1.807, 2.05) is 0 Å². The second-order valence-corrected chi connectivity index (χ2v) is 1.34. The quantitative estimate of drug-likeness (QED) is 0.329. The van der Waals surface area contributed by atoms with Crippen LogP contribution in [0.25, 0.3) is 0 Å². The van der Waals surface area contributed by atoms with Crippen LogP contribution in [0.15, 0.2) is 0 Å². The second kappa shape index (κ2) is 4.06. The van der Waals surface area contributed by atoms with Crippen LogP contribution in [0.4, 0.5) is 0 Å². The van der Waals surface area contributed by atoms with Crippen LogP contribution in [0.2, 0.25) is 0 Å². The predicted molar refractivity (Wildman–Crippen MR) is 20.6 cm³/mol.